The molecule has 2 aliphatic rings. The highest BCUT2D eigenvalue weighted by Crippen LogP contribution is 2.47. The van der Waals surface area contributed by atoms with Crippen molar-refractivity contribution in [2.45, 2.75) is 24.7 Å². The van der Waals surface area contributed by atoms with E-state index >= 15 is 0 Å². The maximum Gasteiger partial charge on any atom is 0.248 e. The minimum absolute atomic E-state index is 0.0288. The van der Waals surface area contributed by atoms with Crippen LogP contribution in [0, 0.1) is 5.92 Å². The first kappa shape index (κ1) is 25.1. The summed E-state index contributed by atoms with van der Waals surface area (Å²) in [4.78, 5) is 48.6. The van der Waals surface area contributed by atoms with Gasteiger partial charge >= 0.3 is 0 Å². The smallest absolute Gasteiger partial charge is 0.248 e. The number of anilines is 1. The van der Waals surface area contributed by atoms with Crippen LogP contribution in [0.1, 0.15) is 40.7 Å². The summed E-state index contributed by atoms with van der Waals surface area (Å²) in [5.41, 5.74) is 10.9. The molecule has 0 radical (unpaired) electrons. The van der Waals surface area contributed by atoms with Crippen molar-refractivity contribution in [1.29, 1.82) is 0 Å². The molecule has 4 heterocycles. The molecule has 0 bridgehead atoms. The zero-order chi connectivity index (χ0) is 28.1. The monoisotopic (exact) mass is 545 g/mol. The third kappa shape index (κ3) is 4.09. The fraction of sp³-hybridized carbons (Fsp3) is 0.242. The summed E-state index contributed by atoms with van der Waals surface area (Å²) in [5, 5.41) is 2.41. The van der Waals surface area contributed by atoms with Crippen LogP contribution < -0.4 is 10.6 Å². The highest BCUT2D eigenvalue weighted by molar-refractivity contribution is 6.01. The van der Waals surface area contributed by atoms with Gasteiger partial charge in [0.25, 0.3) is 0 Å². The van der Waals surface area contributed by atoms with Crippen molar-refractivity contribution >= 4 is 45.2 Å². The molecule has 8 nitrogen and oxygen atoms in total. The lowest BCUT2D eigenvalue weighted by atomic mass is 9.67. The van der Waals surface area contributed by atoms with Crippen LogP contribution in [-0.2, 0) is 15.0 Å². The van der Waals surface area contributed by atoms with E-state index in [1.165, 1.54) is 21.9 Å². The van der Waals surface area contributed by atoms with Gasteiger partial charge in [0.2, 0.25) is 17.7 Å². The first-order valence-electron chi connectivity index (χ1n) is 14.1. The normalized spacial score (nSPS) is 18.8. The Morgan fingerprint density at radius 2 is 1.37 bits per heavy atom. The number of carbonyl (C=O) groups is 3. The molecular weight excluding hydrogens is 514 g/mol. The van der Waals surface area contributed by atoms with Gasteiger partial charge in [-0.1, -0.05) is 36.4 Å². The number of para-hydroxylation sites is 2. The van der Waals surface area contributed by atoms with Crippen molar-refractivity contribution in [2.24, 2.45) is 11.7 Å². The molecule has 41 heavy (non-hydrogen) atoms. The number of hydrogen-bond acceptors (Lipinski definition) is 3. The van der Waals surface area contributed by atoms with Crippen LogP contribution >= 0.6 is 0 Å². The van der Waals surface area contributed by atoms with E-state index in [-0.39, 0.29) is 23.7 Å². The van der Waals surface area contributed by atoms with Gasteiger partial charge in [-0.05, 0) is 60.4 Å². The third-order valence-corrected chi connectivity index (χ3v) is 9.08. The molecule has 7 rings (SSSR count). The number of primary amides is 1. The number of nitrogens with one attached hydrogen (secondary N) is 2. The zero-order valence-corrected chi connectivity index (χ0v) is 22.6. The summed E-state index contributed by atoms with van der Waals surface area (Å²) in [6.45, 7) is 1.55. The van der Waals surface area contributed by atoms with Gasteiger partial charge in [0.05, 0.1) is 5.92 Å². The van der Waals surface area contributed by atoms with Gasteiger partial charge in [0.15, 0.2) is 0 Å². The van der Waals surface area contributed by atoms with E-state index in [1.807, 2.05) is 17.0 Å². The van der Waals surface area contributed by atoms with Crippen molar-refractivity contribution in [1.82, 2.24) is 14.9 Å². The van der Waals surface area contributed by atoms with Crippen molar-refractivity contribution in [3.63, 3.8) is 0 Å². The number of amides is 3. The first-order valence-corrected chi connectivity index (χ1v) is 14.1. The van der Waals surface area contributed by atoms with E-state index in [4.69, 9.17) is 5.73 Å². The number of nitrogens with two attached hydrogens (primary N) is 1. The standard InChI is InChI=1S/C33H31N5O3/c34-31(40)21-9-11-23(12-10-21)38-20-22(17-30(38)39)32(41)37-15-13-33(14-16-37,26-18-35-28-7-3-1-5-24(26)28)27-19-36-29-8-4-2-6-25(27)29/h1-12,18-19,22,35-36H,13-17,20H2,(H2,34,40)/t22-/m0/s1. The van der Waals surface area contributed by atoms with Gasteiger partial charge in [-0.2, -0.15) is 0 Å². The van der Waals surface area contributed by atoms with Gasteiger partial charge in [-0.3, -0.25) is 14.4 Å². The number of hydrogen-bond donors (Lipinski definition) is 3. The van der Waals surface area contributed by atoms with Crippen molar-refractivity contribution < 1.29 is 14.4 Å². The summed E-state index contributed by atoms with van der Waals surface area (Å²) < 4.78 is 0. The van der Waals surface area contributed by atoms with E-state index in [0.29, 0.717) is 30.9 Å². The summed E-state index contributed by atoms with van der Waals surface area (Å²) in [7, 11) is 0. The number of nitrogens with zero attached hydrogens (tertiary/aromatic N) is 2. The van der Waals surface area contributed by atoms with E-state index in [9.17, 15) is 14.4 Å². The van der Waals surface area contributed by atoms with Crippen LogP contribution in [0.3, 0.4) is 0 Å². The Kier molecular flexibility index (Phi) is 5.92. The zero-order valence-electron chi connectivity index (χ0n) is 22.6. The van der Waals surface area contributed by atoms with Gasteiger partial charge < -0.3 is 25.5 Å². The van der Waals surface area contributed by atoms with Crippen LogP contribution in [0.15, 0.2) is 85.2 Å². The molecule has 2 aliphatic heterocycles. The third-order valence-electron chi connectivity index (χ3n) is 9.08. The minimum Gasteiger partial charge on any atom is -0.366 e. The molecule has 206 valence electrons. The summed E-state index contributed by atoms with van der Waals surface area (Å²) >= 11 is 0. The number of aromatic amines is 2. The van der Waals surface area contributed by atoms with Crippen LogP contribution in [-0.4, -0.2) is 52.2 Å². The molecule has 5 aromatic rings. The van der Waals surface area contributed by atoms with Crippen LogP contribution in [0.5, 0.6) is 0 Å². The molecule has 0 spiro atoms. The molecule has 0 saturated carbocycles. The lowest BCUT2D eigenvalue weighted by molar-refractivity contribution is -0.137. The van der Waals surface area contributed by atoms with E-state index in [0.717, 1.165) is 23.9 Å². The second-order valence-corrected chi connectivity index (χ2v) is 11.2. The highest BCUT2D eigenvalue weighted by atomic mass is 16.2. The number of aromatic nitrogens is 2. The molecule has 2 aromatic heterocycles. The largest absolute Gasteiger partial charge is 0.366 e. The molecule has 4 N–H and O–H groups in total. The first-order chi connectivity index (χ1) is 19.9. The number of H-pyrrole nitrogens is 2. The molecule has 1 atom stereocenters. The fourth-order valence-electron chi connectivity index (χ4n) is 6.91. The number of rotatable bonds is 5. The van der Waals surface area contributed by atoms with E-state index in [1.54, 1.807) is 29.2 Å². The molecule has 3 aromatic carbocycles. The topological polar surface area (TPSA) is 115 Å². The second-order valence-electron chi connectivity index (χ2n) is 11.2. The highest BCUT2D eigenvalue weighted by Gasteiger charge is 2.44. The Morgan fingerprint density at radius 3 is 1.93 bits per heavy atom. The minimum atomic E-state index is -0.515. The van der Waals surface area contributed by atoms with Gasteiger partial charge in [-0.15, -0.1) is 0 Å². The maximum atomic E-state index is 13.7. The van der Waals surface area contributed by atoms with E-state index in [2.05, 4.69) is 58.8 Å². The van der Waals surface area contributed by atoms with E-state index < -0.39 is 11.8 Å². The van der Waals surface area contributed by atoms with Gasteiger partial charge in [-0.25, -0.2) is 0 Å². The molecule has 8 heteroatoms. The van der Waals surface area contributed by atoms with Gasteiger partial charge in [0, 0.05) is 76.9 Å². The second kappa shape index (κ2) is 9.66. The summed E-state index contributed by atoms with van der Waals surface area (Å²) in [6, 6.07) is 23.4. The molecule has 2 saturated heterocycles. The average Bonchev–Trinajstić information content (AvgIpc) is 3.74. The number of benzene rings is 3. The molecular formula is C33H31N5O3. The summed E-state index contributed by atoms with van der Waals surface area (Å²) in [6.07, 6.45) is 6.02. The Bertz CT molecular complexity index is 1720. The quantitative estimate of drug-likeness (QED) is 0.297. The fourth-order valence-corrected chi connectivity index (χ4v) is 6.91. The predicted molar refractivity (Wildman–Crippen MR) is 159 cm³/mol. The van der Waals surface area contributed by atoms with Crippen molar-refractivity contribution in [3.8, 4) is 0 Å². The van der Waals surface area contributed by atoms with Crippen LogP contribution in [0.2, 0.25) is 0 Å². The number of piperidine rings is 1. The SMILES string of the molecule is NC(=O)c1ccc(N2C[C@@H](C(=O)N3CCC(c4c[nH]c5ccccc45)(c4c[nH]c5ccccc45)CC3)CC2=O)cc1. The number of likely N-dealkylation sites (tertiary alicyclic amines) is 1. The predicted octanol–water partition coefficient (Wildman–Crippen LogP) is 4.71. The van der Waals surface area contributed by atoms with Crippen molar-refractivity contribution in [3.05, 3.63) is 102 Å². The Hall–Kier alpha value is -4.85. The average molecular weight is 546 g/mol. The maximum absolute atomic E-state index is 13.7. The Labute approximate surface area is 237 Å². The van der Waals surface area contributed by atoms with Gasteiger partial charge in [0.1, 0.15) is 0 Å². The number of fused-ring (bicyclic) bond motifs is 2. The molecule has 2 fully saturated rings. The Balaban J connectivity index is 1.15. The van der Waals surface area contributed by atoms with Crippen LogP contribution in [0.25, 0.3) is 21.8 Å². The molecule has 0 aliphatic carbocycles. The van der Waals surface area contributed by atoms with Crippen LogP contribution in [0.4, 0.5) is 5.69 Å². The van der Waals surface area contributed by atoms with Crippen molar-refractivity contribution in [2.75, 3.05) is 24.5 Å². The summed E-state index contributed by atoms with van der Waals surface area (Å²) in [5.74, 6) is -0.967. The number of carbonyl (C=O) groups excluding carboxylic acids is 3. The molecule has 3 amide bonds. The Morgan fingerprint density at radius 1 is 0.805 bits per heavy atom. The lowest BCUT2D eigenvalue weighted by Crippen LogP contribution is -2.47. The lowest BCUT2D eigenvalue weighted by Gasteiger charge is -2.43. The molecule has 0 unspecified atom stereocenters.